The van der Waals surface area contributed by atoms with Crippen LogP contribution in [0.25, 0.3) is 0 Å². The van der Waals surface area contributed by atoms with Crippen molar-refractivity contribution in [3.8, 4) is 0 Å². The van der Waals surface area contributed by atoms with Gasteiger partial charge in [-0.2, -0.15) is 0 Å². The van der Waals surface area contributed by atoms with Crippen LogP contribution in [0, 0.1) is 0 Å². The molecule has 0 radical (unpaired) electrons. The van der Waals surface area contributed by atoms with Gasteiger partial charge in [-0.1, -0.05) is 37.3 Å². The minimum atomic E-state index is -0.609. The number of nitrogens with one attached hydrogen (secondary N) is 1. The van der Waals surface area contributed by atoms with E-state index in [1.165, 1.54) is 5.56 Å². The van der Waals surface area contributed by atoms with Crippen LogP contribution >= 0.6 is 0 Å². The molecule has 2 heteroatoms. The molecule has 0 heterocycles. The molecule has 2 nitrogen and oxygen atoms in total. The van der Waals surface area contributed by atoms with Gasteiger partial charge in [-0.3, -0.25) is 0 Å². The van der Waals surface area contributed by atoms with Gasteiger partial charge >= 0.3 is 0 Å². The molecular formula is C14H23NO. The van der Waals surface area contributed by atoms with Crippen molar-refractivity contribution in [1.29, 1.82) is 0 Å². The van der Waals surface area contributed by atoms with Crippen molar-refractivity contribution in [2.75, 3.05) is 13.1 Å². The van der Waals surface area contributed by atoms with E-state index in [0.717, 1.165) is 32.4 Å². The Morgan fingerprint density at radius 2 is 1.88 bits per heavy atom. The van der Waals surface area contributed by atoms with Crippen LogP contribution in [0.5, 0.6) is 0 Å². The van der Waals surface area contributed by atoms with E-state index in [2.05, 4.69) is 24.4 Å². The summed E-state index contributed by atoms with van der Waals surface area (Å²) in [5.74, 6) is 0. The second-order valence-electron chi connectivity index (χ2n) is 4.66. The lowest BCUT2D eigenvalue weighted by Crippen LogP contribution is -2.32. The second-order valence-corrected chi connectivity index (χ2v) is 4.66. The number of hydrogen-bond donors (Lipinski definition) is 2. The molecular weight excluding hydrogens is 198 g/mol. The van der Waals surface area contributed by atoms with Gasteiger partial charge < -0.3 is 10.4 Å². The van der Waals surface area contributed by atoms with Gasteiger partial charge in [0.25, 0.3) is 0 Å². The Hall–Kier alpha value is -0.860. The Morgan fingerprint density at radius 3 is 2.50 bits per heavy atom. The second kappa shape index (κ2) is 6.66. The fourth-order valence-electron chi connectivity index (χ4n) is 1.78. The van der Waals surface area contributed by atoms with Crippen LogP contribution in [0.2, 0.25) is 0 Å². The van der Waals surface area contributed by atoms with Crippen LogP contribution in [-0.4, -0.2) is 23.8 Å². The predicted molar refractivity (Wildman–Crippen MR) is 68.5 cm³/mol. The first-order chi connectivity index (χ1) is 7.64. The van der Waals surface area contributed by atoms with Gasteiger partial charge in [-0.05, 0) is 38.4 Å². The quantitative estimate of drug-likeness (QED) is 0.693. The highest BCUT2D eigenvalue weighted by molar-refractivity contribution is 5.16. The lowest BCUT2D eigenvalue weighted by atomic mass is 9.93. The van der Waals surface area contributed by atoms with E-state index in [9.17, 15) is 5.11 Å². The van der Waals surface area contributed by atoms with Crippen molar-refractivity contribution in [2.45, 2.75) is 38.7 Å². The predicted octanol–water partition coefficient (Wildman–Crippen LogP) is 2.37. The van der Waals surface area contributed by atoms with Gasteiger partial charge in [-0.25, -0.2) is 0 Å². The van der Waals surface area contributed by atoms with Crippen molar-refractivity contribution in [3.05, 3.63) is 35.9 Å². The maximum absolute atomic E-state index is 10.2. The van der Waals surface area contributed by atoms with Crippen molar-refractivity contribution in [2.24, 2.45) is 0 Å². The Kier molecular flexibility index (Phi) is 5.50. The van der Waals surface area contributed by atoms with Crippen LogP contribution < -0.4 is 5.32 Å². The summed E-state index contributed by atoms with van der Waals surface area (Å²) >= 11 is 0. The molecule has 1 aromatic carbocycles. The molecule has 0 saturated carbocycles. The Morgan fingerprint density at radius 1 is 1.19 bits per heavy atom. The highest BCUT2D eigenvalue weighted by Gasteiger charge is 2.19. The Labute approximate surface area is 98.7 Å². The largest absolute Gasteiger partial charge is 0.390 e. The van der Waals surface area contributed by atoms with Crippen molar-refractivity contribution in [3.63, 3.8) is 0 Å². The van der Waals surface area contributed by atoms with Gasteiger partial charge in [-0.15, -0.1) is 0 Å². The summed E-state index contributed by atoms with van der Waals surface area (Å²) in [6, 6.07) is 10.2. The third-order valence-corrected chi connectivity index (χ3v) is 2.69. The third kappa shape index (κ3) is 5.29. The maximum atomic E-state index is 10.2. The maximum Gasteiger partial charge on any atom is 0.0672 e. The summed E-state index contributed by atoms with van der Waals surface area (Å²) < 4.78 is 0. The zero-order chi connectivity index (χ0) is 11.9. The fourth-order valence-corrected chi connectivity index (χ4v) is 1.78. The summed E-state index contributed by atoms with van der Waals surface area (Å²) in [7, 11) is 0. The summed E-state index contributed by atoms with van der Waals surface area (Å²) in [5.41, 5.74) is 0.588. The van der Waals surface area contributed by atoms with E-state index in [0.29, 0.717) is 0 Å². The number of hydrogen-bond acceptors (Lipinski definition) is 2. The van der Waals surface area contributed by atoms with Crippen molar-refractivity contribution < 1.29 is 5.11 Å². The molecule has 2 N–H and O–H groups in total. The first-order valence-electron chi connectivity index (χ1n) is 6.11. The zero-order valence-corrected chi connectivity index (χ0v) is 10.4. The molecule has 1 rings (SSSR count). The van der Waals surface area contributed by atoms with Gasteiger partial charge in [0.1, 0.15) is 0 Å². The first kappa shape index (κ1) is 13.2. The van der Waals surface area contributed by atoms with Crippen LogP contribution in [0.1, 0.15) is 32.3 Å². The molecule has 1 aromatic rings. The van der Waals surface area contributed by atoms with E-state index in [-0.39, 0.29) is 0 Å². The monoisotopic (exact) mass is 221 g/mol. The highest BCUT2D eigenvalue weighted by Crippen LogP contribution is 2.16. The van der Waals surface area contributed by atoms with E-state index in [1.807, 2.05) is 25.1 Å². The summed E-state index contributed by atoms with van der Waals surface area (Å²) in [4.78, 5) is 0. The molecule has 0 amide bonds. The van der Waals surface area contributed by atoms with E-state index >= 15 is 0 Å². The number of aliphatic hydroxyl groups is 1. The smallest absolute Gasteiger partial charge is 0.0672 e. The Balaban J connectivity index is 2.33. The summed E-state index contributed by atoms with van der Waals surface area (Å²) in [6.45, 7) is 5.97. The molecule has 0 aliphatic carbocycles. The first-order valence-corrected chi connectivity index (χ1v) is 6.11. The molecule has 16 heavy (non-hydrogen) atoms. The average molecular weight is 221 g/mol. The fraction of sp³-hybridized carbons (Fsp3) is 0.571. The zero-order valence-electron chi connectivity index (χ0n) is 10.4. The molecule has 0 saturated heterocycles. The van der Waals surface area contributed by atoms with Crippen LogP contribution in [0.15, 0.2) is 30.3 Å². The summed E-state index contributed by atoms with van der Waals surface area (Å²) in [5, 5.41) is 13.5. The minimum absolute atomic E-state index is 0.609. The van der Waals surface area contributed by atoms with Gasteiger partial charge in [0.2, 0.25) is 0 Å². The van der Waals surface area contributed by atoms with Crippen LogP contribution in [0.4, 0.5) is 0 Å². The lowest BCUT2D eigenvalue weighted by Gasteiger charge is -2.23. The molecule has 0 aliphatic heterocycles. The van der Waals surface area contributed by atoms with Crippen LogP contribution in [-0.2, 0) is 6.42 Å². The Bertz CT molecular complexity index is 282. The highest BCUT2D eigenvalue weighted by atomic mass is 16.3. The third-order valence-electron chi connectivity index (χ3n) is 2.69. The molecule has 1 atom stereocenters. The normalized spacial score (nSPS) is 14.7. The minimum Gasteiger partial charge on any atom is -0.390 e. The molecule has 0 spiro atoms. The molecule has 0 fully saturated rings. The molecule has 1 unspecified atom stereocenters. The molecule has 0 aromatic heterocycles. The molecule has 0 bridgehead atoms. The lowest BCUT2D eigenvalue weighted by molar-refractivity contribution is 0.0516. The number of benzene rings is 1. The van der Waals surface area contributed by atoms with Crippen molar-refractivity contribution in [1.82, 2.24) is 5.32 Å². The van der Waals surface area contributed by atoms with E-state index in [4.69, 9.17) is 0 Å². The molecule has 0 aliphatic rings. The standard InChI is InChI=1S/C14H23NO/c1-3-10-15-11-9-14(2,16)12-13-7-5-4-6-8-13/h4-8,15-16H,3,9-12H2,1-2H3. The topological polar surface area (TPSA) is 32.3 Å². The van der Waals surface area contributed by atoms with Gasteiger partial charge in [0.15, 0.2) is 0 Å². The van der Waals surface area contributed by atoms with E-state index < -0.39 is 5.60 Å². The van der Waals surface area contributed by atoms with Gasteiger partial charge in [0, 0.05) is 6.42 Å². The number of rotatable bonds is 7. The average Bonchev–Trinajstić information content (AvgIpc) is 2.25. The molecule has 90 valence electrons. The van der Waals surface area contributed by atoms with Gasteiger partial charge in [0.05, 0.1) is 5.60 Å². The SMILES string of the molecule is CCCNCCC(C)(O)Cc1ccccc1. The van der Waals surface area contributed by atoms with Crippen molar-refractivity contribution >= 4 is 0 Å². The summed E-state index contributed by atoms with van der Waals surface area (Å²) in [6.07, 6.45) is 2.66. The van der Waals surface area contributed by atoms with E-state index in [1.54, 1.807) is 0 Å². The van der Waals surface area contributed by atoms with Crippen LogP contribution in [0.3, 0.4) is 0 Å².